The van der Waals surface area contributed by atoms with Crippen molar-refractivity contribution in [3.63, 3.8) is 0 Å². The lowest BCUT2D eigenvalue weighted by Crippen LogP contribution is -2.18. The number of halogens is 3. The monoisotopic (exact) mass is 339 g/mol. The Hall–Kier alpha value is -2.68. The first-order valence-electron chi connectivity index (χ1n) is 6.99. The van der Waals surface area contributed by atoms with Gasteiger partial charge in [0.05, 0.1) is 31.3 Å². The summed E-state index contributed by atoms with van der Waals surface area (Å²) in [6, 6.07) is 3.92. The zero-order valence-electron chi connectivity index (χ0n) is 12.3. The van der Waals surface area contributed by atoms with Crippen molar-refractivity contribution in [2.75, 3.05) is 11.9 Å². The van der Waals surface area contributed by atoms with Gasteiger partial charge in [0.15, 0.2) is 0 Å². The van der Waals surface area contributed by atoms with Crippen molar-refractivity contribution in [1.82, 2.24) is 9.97 Å². The number of hydrogen-bond acceptors (Lipinski definition) is 5. The van der Waals surface area contributed by atoms with Crippen LogP contribution in [0.15, 0.2) is 30.6 Å². The molecule has 24 heavy (non-hydrogen) atoms. The molecular weight excluding hydrogens is 327 g/mol. The Kier molecular flexibility index (Phi) is 4.34. The van der Waals surface area contributed by atoms with Gasteiger partial charge in [-0.25, -0.2) is 4.98 Å². The fourth-order valence-electron chi connectivity index (χ4n) is 2.21. The van der Waals surface area contributed by atoms with Crippen LogP contribution in [0.5, 0.6) is 5.75 Å². The van der Waals surface area contributed by atoms with E-state index in [-0.39, 0.29) is 5.69 Å². The number of alkyl halides is 3. The molecule has 1 aliphatic heterocycles. The Morgan fingerprint density at radius 2 is 2.08 bits per heavy atom. The van der Waals surface area contributed by atoms with Crippen molar-refractivity contribution < 1.29 is 27.4 Å². The third-order valence-electron chi connectivity index (χ3n) is 3.26. The first-order chi connectivity index (χ1) is 11.4. The van der Waals surface area contributed by atoms with Gasteiger partial charge in [-0.3, -0.25) is 9.78 Å². The van der Waals surface area contributed by atoms with Crippen LogP contribution in [0.1, 0.15) is 21.7 Å². The van der Waals surface area contributed by atoms with Crippen molar-refractivity contribution in [1.29, 1.82) is 0 Å². The number of fused-ring (bicyclic) bond motifs is 1. The average Bonchev–Trinajstić information content (AvgIpc) is 2.54. The van der Waals surface area contributed by atoms with Crippen molar-refractivity contribution in [3.05, 3.63) is 47.5 Å². The topological polar surface area (TPSA) is 73.3 Å². The van der Waals surface area contributed by atoms with Crippen molar-refractivity contribution in [2.24, 2.45) is 0 Å². The summed E-state index contributed by atoms with van der Waals surface area (Å²) >= 11 is 0. The molecule has 126 valence electrons. The minimum atomic E-state index is -4.80. The van der Waals surface area contributed by atoms with Crippen LogP contribution in [0.25, 0.3) is 0 Å². The number of pyridine rings is 2. The van der Waals surface area contributed by atoms with Crippen LogP contribution in [0.4, 0.5) is 18.9 Å². The highest BCUT2D eigenvalue weighted by atomic mass is 19.4. The fourth-order valence-corrected chi connectivity index (χ4v) is 2.21. The van der Waals surface area contributed by atoms with Gasteiger partial charge in [0.1, 0.15) is 11.4 Å². The number of carbonyl (C=O) groups excluding carboxylic acids is 1. The molecule has 0 atom stereocenters. The molecule has 0 saturated carbocycles. The zero-order chi connectivity index (χ0) is 17.2. The van der Waals surface area contributed by atoms with Crippen molar-refractivity contribution in [3.8, 4) is 5.75 Å². The Morgan fingerprint density at radius 3 is 2.79 bits per heavy atom. The first kappa shape index (κ1) is 16.2. The Balaban J connectivity index is 1.68. The molecule has 6 nitrogen and oxygen atoms in total. The Morgan fingerprint density at radius 1 is 1.25 bits per heavy atom. The van der Waals surface area contributed by atoms with E-state index in [2.05, 4.69) is 20.0 Å². The van der Waals surface area contributed by atoms with Crippen molar-refractivity contribution >= 4 is 11.6 Å². The third kappa shape index (κ3) is 3.99. The molecule has 0 bridgehead atoms. The molecule has 2 aromatic heterocycles. The maximum absolute atomic E-state index is 12.1. The van der Waals surface area contributed by atoms with E-state index in [0.717, 1.165) is 29.6 Å². The van der Waals surface area contributed by atoms with Gasteiger partial charge in [-0.05, 0) is 18.2 Å². The number of aromatic nitrogens is 2. The minimum Gasteiger partial charge on any atom is -0.404 e. The van der Waals surface area contributed by atoms with E-state index in [0.29, 0.717) is 25.3 Å². The molecule has 0 fully saturated rings. The second-order valence-electron chi connectivity index (χ2n) is 5.01. The predicted octanol–water partition coefficient (Wildman–Crippen LogP) is 2.70. The van der Waals surface area contributed by atoms with Crippen LogP contribution in [0.3, 0.4) is 0 Å². The minimum absolute atomic E-state index is 0.0431. The lowest BCUT2D eigenvalue weighted by atomic mass is 10.1. The molecule has 0 spiro atoms. The summed E-state index contributed by atoms with van der Waals surface area (Å²) < 4.78 is 45.3. The normalized spacial score (nSPS) is 14.0. The molecule has 9 heteroatoms. The molecule has 1 aliphatic rings. The summed E-state index contributed by atoms with van der Waals surface area (Å²) in [7, 11) is 0. The molecule has 1 amide bonds. The summed E-state index contributed by atoms with van der Waals surface area (Å²) in [4.78, 5) is 20.0. The lowest BCUT2D eigenvalue weighted by Gasteiger charge is -2.16. The molecule has 1 N–H and O–H groups in total. The summed E-state index contributed by atoms with van der Waals surface area (Å²) in [5.41, 5.74) is 2.23. The van der Waals surface area contributed by atoms with Gasteiger partial charge in [-0.2, -0.15) is 0 Å². The SMILES string of the molecule is O=C(Nc1cnc2c(c1)COCC2)c1ccc(OC(F)(F)F)cn1. The van der Waals surface area contributed by atoms with Gasteiger partial charge >= 0.3 is 6.36 Å². The summed E-state index contributed by atoms with van der Waals surface area (Å²) in [6.07, 6.45) is -1.74. The summed E-state index contributed by atoms with van der Waals surface area (Å²) in [5, 5.41) is 2.59. The smallest absolute Gasteiger partial charge is 0.404 e. The molecule has 0 aliphatic carbocycles. The highest BCUT2D eigenvalue weighted by molar-refractivity contribution is 6.02. The third-order valence-corrected chi connectivity index (χ3v) is 3.26. The number of hydrogen-bond donors (Lipinski definition) is 1. The van der Waals surface area contributed by atoms with Crippen molar-refractivity contribution in [2.45, 2.75) is 19.4 Å². The number of carbonyl (C=O) groups is 1. The van der Waals surface area contributed by atoms with E-state index < -0.39 is 18.0 Å². The Bertz CT molecular complexity index is 748. The molecule has 3 heterocycles. The van der Waals surface area contributed by atoms with Crippen LogP contribution in [0, 0.1) is 0 Å². The highest BCUT2D eigenvalue weighted by Gasteiger charge is 2.31. The molecule has 0 unspecified atom stereocenters. The molecule has 2 aromatic rings. The van der Waals surface area contributed by atoms with Gasteiger partial charge in [0.25, 0.3) is 5.91 Å². The van der Waals surface area contributed by atoms with Gasteiger partial charge in [0.2, 0.25) is 0 Å². The lowest BCUT2D eigenvalue weighted by molar-refractivity contribution is -0.274. The number of nitrogens with zero attached hydrogens (tertiary/aromatic N) is 2. The van der Waals surface area contributed by atoms with Crippen LogP contribution in [-0.4, -0.2) is 28.8 Å². The number of amides is 1. The average molecular weight is 339 g/mol. The maximum Gasteiger partial charge on any atom is 0.573 e. The number of nitrogens with one attached hydrogen (secondary N) is 1. The second kappa shape index (κ2) is 6.44. The maximum atomic E-state index is 12.1. The molecular formula is C15H12F3N3O3. The van der Waals surface area contributed by atoms with Crippen LogP contribution >= 0.6 is 0 Å². The van der Waals surface area contributed by atoms with E-state index in [1.54, 1.807) is 6.07 Å². The quantitative estimate of drug-likeness (QED) is 0.931. The molecule has 0 radical (unpaired) electrons. The van der Waals surface area contributed by atoms with E-state index >= 15 is 0 Å². The standard InChI is InChI=1S/C15H12F3N3O3/c16-15(17,18)24-11-1-2-13(20-7-11)14(22)21-10-5-9-8-23-4-3-12(9)19-6-10/h1-2,5-7H,3-4,8H2,(H,21,22). The largest absolute Gasteiger partial charge is 0.573 e. The van der Waals surface area contributed by atoms with Crippen LogP contribution in [0.2, 0.25) is 0 Å². The van der Waals surface area contributed by atoms with E-state index in [9.17, 15) is 18.0 Å². The number of anilines is 1. The Labute approximate surface area is 134 Å². The first-order valence-corrected chi connectivity index (χ1v) is 6.99. The summed E-state index contributed by atoms with van der Waals surface area (Å²) in [5.74, 6) is -1.06. The van der Waals surface area contributed by atoms with Gasteiger partial charge in [0, 0.05) is 17.7 Å². The van der Waals surface area contributed by atoms with Crippen LogP contribution < -0.4 is 10.1 Å². The fraction of sp³-hybridized carbons (Fsp3) is 0.267. The van der Waals surface area contributed by atoms with E-state index in [4.69, 9.17) is 4.74 Å². The number of ether oxygens (including phenoxy) is 2. The van der Waals surface area contributed by atoms with E-state index in [1.807, 2.05) is 0 Å². The van der Waals surface area contributed by atoms with Crippen LogP contribution in [-0.2, 0) is 17.8 Å². The molecule has 3 rings (SSSR count). The highest BCUT2D eigenvalue weighted by Crippen LogP contribution is 2.22. The zero-order valence-corrected chi connectivity index (χ0v) is 12.3. The molecule has 0 saturated heterocycles. The molecule has 0 aromatic carbocycles. The summed E-state index contributed by atoms with van der Waals surface area (Å²) in [6.45, 7) is 1.04. The second-order valence-corrected chi connectivity index (χ2v) is 5.01. The van der Waals surface area contributed by atoms with E-state index in [1.165, 1.54) is 6.20 Å². The number of rotatable bonds is 3. The van der Waals surface area contributed by atoms with Gasteiger partial charge in [-0.1, -0.05) is 0 Å². The predicted molar refractivity (Wildman–Crippen MR) is 76.5 cm³/mol. The van der Waals surface area contributed by atoms with Gasteiger partial charge < -0.3 is 14.8 Å². The van der Waals surface area contributed by atoms with Gasteiger partial charge in [-0.15, -0.1) is 13.2 Å².